The number of carbonyl (C=O) groups excluding carboxylic acids is 1. The number of benzene rings is 1. The number of rotatable bonds is 3. The van der Waals surface area contributed by atoms with Crippen molar-refractivity contribution in [2.24, 2.45) is 0 Å². The summed E-state index contributed by atoms with van der Waals surface area (Å²) in [6, 6.07) is 2.59. The van der Waals surface area contributed by atoms with Gasteiger partial charge in [0.15, 0.2) is 11.7 Å². The van der Waals surface area contributed by atoms with Gasteiger partial charge in [-0.3, -0.25) is 0 Å². The summed E-state index contributed by atoms with van der Waals surface area (Å²) in [5, 5.41) is 0.166. The average molecular weight is 306 g/mol. The van der Waals surface area contributed by atoms with E-state index in [1.807, 2.05) is 0 Å². The van der Waals surface area contributed by atoms with Gasteiger partial charge in [0, 0.05) is 0 Å². The first-order valence-corrected chi connectivity index (χ1v) is 6.10. The standard InChI is InChI=1S/C11H9F3N2O3S/c1-18-9(17)5-2-6(19-4-11(12,13)14)8-7(3-5)20-10(15)16-8/h2-3H,4H2,1H3,(H2,15,16). The van der Waals surface area contributed by atoms with Crippen molar-refractivity contribution < 1.29 is 27.4 Å². The molecule has 0 unspecified atom stereocenters. The third-order valence-corrected chi connectivity index (χ3v) is 3.12. The molecular formula is C11H9F3N2O3S. The van der Waals surface area contributed by atoms with Crippen LogP contribution in [-0.4, -0.2) is 30.8 Å². The lowest BCUT2D eigenvalue weighted by molar-refractivity contribution is -0.153. The highest BCUT2D eigenvalue weighted by molar-refractivity contribution is 7.22. The van der Waals surface area contributed by atoms with Crippen LogP contribution in [0.2, 0.25) is 0 Å². The van der Waals surface area contributed by atoms with Gasteiger partial charge in [-0.15, -0.1) is 0 Å². The first kappa shape index (κ1) is 14.4. The Morgan fingerprint density at radius 3 is 2.75 bits per heavy atom. The summed E-state index contributed by atoms with van der Waals surface area (Å²) in [5.74, 6) is -0.844. The Labute approximate surface area is 115 Å². The maximum absolute atomic E-state index is 12.2. The van der Waals surface area contributed by atoms with Crippen LogP contribution in [0, 0.1) is 0 Å². The lowest BCUT2D eigenvalue weighted by Gasteiger charge is -2.10. The number of hydrogen-bond donors (Lipinski definition) is 1. The largest absolute Gasteiger partial charge is 0.482 e. The Bertz CT molecular complexity index is 654. The quantitative estimate of drug-likeness (QED) is 0.882. The van der Waals surface area contributed by atoms with Crippen LogP contribution in [0.1, 0.15) is 10.4 Å². The maximum Gasteiger partial charge on any atom is 0.422 e. The summed E-state index contributed by atoms with van der Waals surface area (Å²) in [4.78, 5) is 15.4. The summed E-state index contributed by atoms with van der Waals surface area (Å²) < 4.78 is 46.3. The van der Waals surface area contributed by atoms with E-state index in [2.05, 4.69) is 14.5 Å². The first-order valence-electron chi connectivity index (χ1n) is 5.28. The number of nitrogens with two attached hydrogens (primary N) is 1. The molecule has 0 saturated heterocycles. The van der Waals surface area contributed by atoms with E-state index in [-0.39, 0.29) is 22.0 Å². The van der Waals surface area contributed by atoms with E-state index in [4.69, 9.17) is 5.73 Å². The number of carbonyl (C=O) groups is 1. The molecule has 2 rings (SSSR count). The second kappa shape index (κ2) is 5.16. The fraction of sp³-hybridized carbons (Fsp3) is 0.273. The summed E-state index contributed by atoms with van der Waals surface area (Å²) in [6.45, 7) is -1.48. The lowest BCUT2D eigenvalue weighted by atomic mass is 10.2. The minimum Gasteiger partial charge on any atom is -0.482 e. The van der Waals surface area contributed by atoms with Crippen LogP contribution in [-0.2, 0) is 4.74 Å². The summed E-state index contributed by atoms with van der Waals surface area (Å²) in [6.07, 6.45) is -4.49. The molecule has 1 aromatic heterocycles. The number of methoxy groups -OCH3 is 1. The molecule has 0 aliphatic heterocycles. The van der Waals surface area contributed by atoms with Crippen molar-refractivity contribution in [3.8, 4) is 5.75 Å². The van der Waals surface area contributed by atoms with Gasteiger partial charge in [-0.2, -0.15) is 13.2 Å². The van der Waals surface area contributed by atoms with Gasteiger partial charge < -0.3 is 15.2 Å². The number of ether oxygens (including phenoxy) is 2. The number of hydrogen-bond acceptors (Lipinski definition) is 6. The molecule has 20 heavy (non-hydrogen) atoms. The monoisotopic (exact) mass is 306 g/mol. The van der Waals surface area contributed by atoms with Gasteiger partial charge >= 0.3 is 12.1 Å². The van der Waals surface area contributed by atoms with Crippen LogP contribution in [0.15, 0.2) is 12.1 Å². The van der Waals surface area contributed by atoms with Gasteiger partial charge in [0.05, 0.1) is 17.4 Å². The predicted molar refractivity (Wildman–Crippen MR) is 66.9 cm³/mol. The molecule has 2 N–H and O–H groups in total. The Morgan fingerprint density at radius 2 is 2.15 bits per heavy atom. The highest BCUT2D eigenvalue weighted by Gasteiger charge is 2.29. The zero-order valence-electron chi connectivity index (χ0n) is 10.2. The fourth-order valence-corrected chi connectivity index (χ4v) is 2.31. The van der Waals surface area contributed by atoms with Crippen LogP contribution in [0.5, 0.6) is 5.75 Å². The molecule has 0 saturated carbocycles. The molecule has 0 aliphatic rings. The van der Waals surface area contributed by atoms with E-state index < -0.39 is 18.8 Å². The van der Waals surface area contributed by atoms with E-state index >= 15 is 0 Å². The number of anilines is 1. The van der Waals surface area contributed by atoms with E-state index in [9.17, 15) is 18.0 Å². The summed E-state index contributed by atoms with van der Waals surface area (Å²) in [5.41, 5.74) is 5.77. The van der Waals surface area contributed by atoms with Crippen LogP contribution < -0.4 is 10.5 Å². The number of thiazole rings is 1. The molecule has 108 valence electrons. The van der Waals surface area contributed by atoms with Crippen LogP contribution in [0.25, 0.3) is 10.2 Å². The molecule has 1 aromatic carbocycles. The van der Waals surface area contributed by atoms with Gasteiger partial charge in [0.2, 0.25) is 0 Å². The number of aromatic nitrogens is 1. The normalized spacial score (nSPS) is 11.6. The zero-order valence-corrected chi connectivity index (χ0v) is 11.0. The van der Waals surface area contributed by atoms with Gasteiger partial charge in [-0.1, -0.05) is 11.3 Å². The minimum absolute atomic E-state index is 0.0702. The number of fused-ring (bicyclic) bond motifs is 1. The maximum atomic E-state index is 12.2. The molecule has 0 aliphatic carbocycles. The molecule has 0 fully saturated rings. The summed E-state index contributed by atoms with van der Waals surface area (Å²) >= 11 is 1.04. The van der Waals surface area contributed by atoms with Crippen molar-refractivity contribution in [2.45, 2.75) is 6.18 Å². The fourth-order valence-electron chi connectivity index (χ4n) is 1.52. The van der Waals surface area contributed by atoms with Crippen molar-refractivity contribution >= 4 is 32.7 Å². The number of nitrogens with zero attached hydrogens (tertiary/aromatic N) is 1. The highest BCUT2D eigenvalue weighted by Crippen LogP contribution is 2.33. The van der Waals surface area contributed by atoms with Crippen molar-refractivity contribution in [1.29, 1.82) is 0 Å². The Kier molecular flexibility index (Phi) is 3.71. The molecule has 2 aromatic rings. The molecule has 0 bridgehead atoms. The number of halogens is 3. The first-order chi connectivity index (χ1) is 9.30. The summed E-state index contributed by atoms with van der Waals surface area (Å²) in [7, 11) is 1.17. The van der Waals surface area contributed by atoms with Gasteiger partial charge in [0.25, 0.3) is 0 Å². The second-order valence-electron chi connectivity index (χ2n) is 3.77. The second-order valence-corrected chi connectivity index (χ2v) is 4.83. The van der Waals surface area contributed by atoms with E-state index in [1.165, 1.54) is 13.2 Å². The number of alkyl halides is 3. The van der Waals surface area contributed by atoms with Crippen molar-refractivity contribution in [1.82, 2.24) is 4.98 Å². The molecule has 0 radical (unpaired) electrons. The number of esters is 1. The van der Waals surface area contributed by atoms with Crippen LogP contribution in [0.4, 0.5) is 18.3 Å². The molecule has 9 heteroatoms. The zero-order chi connectivity index (χ0) is 14.9. The Morgan fingerprint density at radius 1 is 1.45 bits per heavy atom. The third-order valence-electron chi connectivity index (χ3n) is 2.29. The van der Waals surface area contributed by atoms with E-state index in [0.717, 1.165) is 17.4 Å². The minimum atomic E-state index is -4.49. The molecule has 5 nitrogen and oxygen atoms in total. The third kappa shape index (κ3) is 3.10. The van der Waals surface area contributed by atoms with Crippen molar-refractivity contribution in [2.75, 3.05) is 19.5 Å². The highest BCUT2D eigenvalue weighted by atomic mass is 32.1. The molecular weight excluding hydrogens is 297 g/mol. The smallest absolute Gasteiger partial charge is 0.422 e. The SMILES string of the molecule is COC(=O)c1cc(OCC(F)(F)F)c2nc(N)sc2c1. The van der Waals surface area contributed by atoms with E-state index in [0.29, 0.717) is 4.70 Å². The van der Waals surface area contributed by atoms with Gasteiger partial charge in [-0.25, -0.2) is 9.78 Å². The Hall–Kier alpha value is -2.03. The average Bonchev–Trinajstić information content (AvgIpc) is 2.74. The molecule has 0 atom stereocenters. The molecule has 0 spiro atoms. The van der Waals surface area contributed by atoms with Gasteiger partial charge in [-0.05, 0) is 12.1 Å². The Balaban J connectivity index is 2.46. The molecule has 0 amide bonds. The molecule has 1 heterocycles. The van der Waals surface area contributed by atoms with Gasteiger partial charge in [0.1, 0.15) is 11.3 Å². The van der Waals surface area contributed by atoms with Crippen LogP contribution >= 0.6 is 11.3 Å². The topological polar surface area (TPSA) is 74.4 Å². The lowest BCUT2D eigenvalue weighted by Crippen LogP contribution is -2.19. The van der Waals surface area contributed by atoms with E-state index in [1.54, 1.807) is 0 Å². The number of nitrogen functional groups attached to an aromatic ring is 1. The van der Waals surface area contributed by atoms with Crippen molar-refractivity contribution in [3.05, 3.63) is 17.7 Å². The van der Waals surface area contributed by atoms with Crippen LogP contribution in [0.3, 0.4) is 0 Å². The predicted octanol–water partition coefficient (Wildman–Crippen LogP) is 2.61. The van der Waals surface area contributed by atoms with Crippen molar-refractivity contribution in [3.63, 3.8) is 0 Å².